The van der Waals surface area contributed by atoms with E-state index in [0.717, 1.165) is 19.7 Å². The predicted molar refractivity (Wildman–Crippen MR) is 42.1 cm³/mol. The zero-order valence-corrected chi connectivity index (χ0v) is 6.97. The zero-order valence-electron chi connectivity index (χ0n) is 6.97. The molecular weight excluding hydrogens is 126 g/mol. The van der Waals surface area contributed by atoms with E-state index < -0.39 is 0 Å². The van der Waals surface area contributed by atoms with Gasteiger partial charge in [-0.3, -0.25) is 0 Å². The lowest BCUT2D eigenvalue weighted by Gasteiger charge is -2.18. The minimum atomic E-state index is 0.433. The molecule has 1 aliphatic rings. The van der Waals surface area contributed by atoms with E-state index in [-0.39, 0.29) is 0 Å². The average Bonchev–Trinajstić information content (AvgIpc) is 2.13. The third kappa shape index (κ3) is 2.27. The number of hydrogen-bond acceptors (Lipinski definition) is 2. The van der Waals surface area contributed by atoms with Gasteiger partial charge in [0, 0.05) is 19.7 Å². The molecule has 2 nitrogen and oxygen atoms in total. The largest absolute Gasteiger partial charge is 0.377 e. The number of likely N-dealkylation sites (N-methyl/N-ethyl adjacent to an activating group) is 1. The van der Waals surface area contributed by atoms with Crippen molar-refractivity contribution >= 4 is 0 Å². The predicted octanol–water partition coefficient (Wildman–Crippen LogP) is 1.12. The Hall–Kier alpha value is -0.0800. The summed E-state index contributed by atoms with van der Waals surface area (Å²) in [6, 6.07) is 0. The fraction of sp³-hybridized carbons (Fsp3) is 1.00. The van der Waals surface area contributed by atoms with E-state index in [1.54, 1.807) is 0 Å². The van der Waals surface area contributed by atoms with Gasteiger partial charge in [-0.2, -0.15) is 0 Å². The summed E-state index contributed by atoms with van der Waals surface area (Å²) in [6.07, 6.45) is 1.63. The summed E-state index contributed by atoms with van der Waals surface area (Å²) in [7, 11) is 0. The molecule has 1 aliphatic heterocycles. The monoisotopic (exact) mass is 143 g/mol. The molecule has 0 saturated carbocycles. The summed E-state index contributed by atoms with van der Waals surface area (Å²) in [5.41, 5.74) is 0. The maximum atomic E-state index is 5.49. The minimum absolute atomic E-state index is 0.433. The fourth-order valence-corrected chi connectivity index (χ4v) is 1.37. The Balaban J connectivity index is 2.30. The summed E-state index contributed by atoms with van der Waals surface area (Å²) < 4.78 is 5.49. The van der Waals surface area contributed by atoms with Crippen LogP contribution in [0.15, 0.2) is 0 Å². The Labute approximate surface area is 63.2 Å². The SMILES string of the molecule is CCN1CCCOC(C)C1. The fourth-order valence-electron chi connectivity index (χ4n) is 1.37. The molecule has 0 aromatic rings. The molecular formula is C8H17NO. The Morgan fingerprint density at radius 1 is 1.60 bits per heavy atom. The van der Waals surface area contributed by atoms with E-state index in [4.69, 9.17) is 4.74 Å². The topological polar surface area (TPSA) is 12.5 Å². The van der Waals surface area contributed by atoms with Crippen LogP contribution in [0.4, 0.5) is 0 Å². The lowest BCUT2D eigenvalue weighted by Crippen LogP contribution is -2.29. The van der Waals surface area contributed by atoms with Gasteiger partial charge in [0.05, 0.1) is 6.10 Å². The lowest BCUT2D eigenvalue weighted by molar-refractivity contribution is 0.0685. The average molecular weight is 143 g/mol. The summed E-state index contributed by atoms with van der Waals surface area (Å²) in [6.45, 7) is 8.77. The van der Waals surface area contributed by atoms with Gasteiger partial charge in [-0.1, -0.05) is 6.92 Å². The van der Waals surface area contributed by atoms with Gasteiger partial charge in [0.1, 0.15) is 0 Å². The van der Waals surface area contributed by atoms with E-state index >= 15 is 0 Å². The third-order valence-electron chi connectivity index (χ3n) is 1.98. The van der Waals surface area contributed by atoms with Gasteiger partial charge >= 0.3 is 0 Å². The summed E-state index contributed by atoms with van der Waals surface area (Å²) in [5, 5.41) is 0. The van der Waals surface area contributed by atoms with E-state index in [9.17, 15) is 0 Å². The van der Waals surface area contributed by atoms with Gasteiger partial charge in [0.15, 0.2) is 0 Å². The van der Waals surface area contributed by atoms with Crippen LogP contribution in [0.1, 0.15) is 20.3 Å². The highest BCUT2D eigenvalue weighted by atomic mass is 16.5. The van der Waals surface area contributed by atoms with Gasteiger partial charge < -0.3 is 9.64 Å². The van der Waals surface area contributed by atoms with Crippen molar-refractivity contribution in [1.82, 2.24) is 4.90 Å². The highest BCUT2D eigenvalue weighted by molar-refractivity contribution is 4.64. The van der Waals surface area contributed by atoms with Crippen molar-refractivity contribution in [3.63, 3.8) is 0 Å². The van der Waals surface area contributed by atoms with Gasteiger partial charge in [-0.05, 0) is 19.9 Å². The molecule has 0 amide bonds. The Morgan fingerprint density at radius 2 is 2.40 bits per heavy atom. The van der Waals surface area contributed by atoms with Crippen LogP contribution in [0.2, 0.25) is 0 Å². The Morgan fingerprint density at radius 3 is 3.10 bits per heavy atom. The second kappa shape index (κ2) is 3.94. The minimum Gasteiger partial charge on any atom is -0.377 e. The molecule has 1 fully saturated rings. The van der Waals surface area contributed by atoms with Crippen LogP contribution in [0.5, 0.6) is 0 Å². The number of nitrogens with zero attached hydrogens (tertiary/aromatic N) is 1. The van der Waals surface area contributed by atoms with Crippen molar-refractivity contribution in [3.8, 4) is 0 Å². The zero-order chi connectivity index (χ0) is 7.40. The second-order valence-electron chi connectivity index (χ2n) is 2.93. The van der Waals surface area contributed by atoms with E-state index in [1.165, 1.54) is 13.0 Å². The molecule has 0 bridgehead atoms. The molecule has 0 spiro atoms. The van der Waals surface area contributed by atoms with Crippen LogP contribution < -0.4 is 0 Å². The summed E-state index contributed by atoms with van der Waals surface area (Å²) in [5.74, 6) is 0. The molecule has 10 heavy (non-hydrogen) atoms. The van der Waals surface area contributed by atoms with E-state index in [0.29, 0.717) is 6.10 Å². The van der Waals surface area contributed by atoms with E-state index in [2.05, 4.69) is 18.7 Å². The van der Waals surface area contributed by atoms with Crippen LogP contribution in [0, 0.1) is 0 Å². The van der Waals surface area contributed by atoms with Gasteiger partial charge in [-0.25, -0.2) is 0 Å². The van der Waals surface area contributed by atoms with Crippen molar-refractivity contribution in [1.29, 1.82) is 0 Å². The summed E-state index contributed by atoms with van der Waals surface area (Å²) >= 11 is 0. The standard InChI is InChI=1S/C8H17NO/c1-3-9-5-4-6-10-8(2)7-9/h8H,3-7H2,1-2H3. The third-order valence-corrected chi connectivity index (χ3v) is 1.98. The first-order chi connectivity index (χ1) is 4.83. The molecule has 1 saturated heterocycles. The van der Waals surface area contributed by atoms with Crippen LogP contribution in [0.25, 0.3) is 0 Å². The first-order valence-electron chi connectivity index (χ1n) is 4.17. The van der Waals surface area contributed by atoms with Gasteiger partial charge in [0.25, 0.3) is 0 Å². The molecule has 60 valence electrons. The summed E-state index contributed by atoms with van der Waals surface area (Å²) in [4.78, 5) is 2.44. The molecule has 0 aliphatic carbocycles. The van der Waals surface area contributed by atoms with Crippen molar-refractivity contribution in [2.75, 3.05) is 26.2 Å². The number of rotatable bonds is 1. The van der Waals surface area contributed by atoms with E-state index in [1.807, 2.05) is 0 Å². The van der Waals surface area contributed by atoms with Gasteiger partial charge in [0.2, 0.25) is 0 Å². The molecule has 0 aromatic carbocycles. The molecule has 1 atom stereocenters. The molecule has 0 N–H and O–H groups in total. The first kappa shape index (κ1) is 8.02. The van der Waals surface area contributed by atoms with Crippen LogP contribution >= 0.6 is 0 Å². The molecule has 2 heteroatoms. The maximum absolute atomic E-state index is 5.49. The Bertz CT molecular complexity index is 95.3. The van der Waals surface area contributed by atoms with Crippen molar-refractivity contribution < 1.29 is 4.74 Å². The van der Waals surface area contributed by atoms with Crippen molar-refractivity contribution in [3.05, 3.63) is 0 Å². The quantitative estimate of drug-likeness (QED) is 0.545. The molecule has 1 rings (SSSR count). The number of ether oxygens (including phenoxy) is 1. The smallest absolute Gasteiger partial charge is 0.0673 e. The lowest BCUT2D eigenvalue weighted by atomic mass is 10.3. The molecule has 0 radical (unpaired) electrons. The number of hydrogen-bond donors (Lipinski definition) is 0. The highest BCUT2D eigenvalue weighted by Gasteiger charge is 2.12. The molecule has 1 unspecified atom stereocenters. The van der Waals surface area contributed by atoms with Crippen LogP contribution in [-0.4, -0.2) is 37.2 Å². The molecule has 0 aromatic heterocycles. The second-order valence-corrected chi connectivity index (χ2v) is 2.93. The normalized spacial score (nSPS) is 30.0. The molecule has 1 heterocycles. The first-order valence-corrected chi connectivity index (χ1v) is 4.17. The van der Waals surface area contributed by atoms with Crippen molar-refractivity contribution in [2.24, 2.45) is 0 Å². The van der Waals surface area contributed by atoms with Crippen molar-refractivity contribution in [2.45, 2.75) is 26.4 Å². The van der Waals surface area contributed by atoms with Crippen LogP contribution in [-0.2, 0) is 4.74 Å². The maximum Gasteiger partial charge on any atom is 0.0673 e. The Kier molecular flexibility index (Phi) is 3.16. The highest BCUT2D eigenvalue weighted by Crippen LogP contribution is 2.03. The van der Waals surface area contributed by atoms with Gasteiger partial charge in [-0.15, -0.1) is 0 Å². The van der Waals surface area contributed by atoms with Crippen LogP contribution in [0.3, 0.4) is 0 Å².